The number of unbranched alkanes of at least 4 members (excludes halogenated alkanes) is 36. The van der Waals surface area contributed by atoms with Gasteiger partial charge in [0, 0.05) is 19.3 Å². The van der Waals surface area contributed by atoms with Crippen LogP contribution in [0, 0.1) is 0 Å². The first-order valence-corrected chi connectivity index (χ1v) is 34.0. The molecule has 0 spiro atoms. The van der Waals surface area contributed by atoms with Crippen molar-refractivity contribution in [1.82, 2.24) is 0 Å². The van der Waals surface area contributed by atoms with E-state index in [2.05, 4.69) is 69.4 Å². The molecule has 3 atom stereocenters. The molecule has 11 nitrogen and oxygen atoms in total. The molecule has 3 unspecified atom stereocenters. The van der Waals surface area contributed by atoms with E-state index in [4.69, 9.17) is 23.3 Å². The van der Waals surface area contributed by atoms with Gasteiger partial charge in [-0.25, -0.2) is 4.57 Å². The van der Waals surface area contributed by atoms with E-state index in [1.54, 1.807) is 0 Å². The van der Waals surface area contributed by atoms with Gasteiger partial charge in [-0.2, -0.15) is 0 Å². The molecule has 0 radical (unpaired) electrons. The van der Waals surface area contributed by atoms with Crippen molar-refractivity contribution in [1.29, 1.82) is 0 Å². The normalized spacial score (nSPS) is 13.6. The molecule has 0 saturated carbocycles. The van der Waals surface area contributed by atoms with E-state index in [0.717, 1.165) is 103 Å². The van der Waals surface area contributed by atoms with Crippen LogP contribution in [0.5, 0.6) is 0 Å². The number of rotatable bonds is 61. The summed E-state index contributed by atoms with van der Waals surface area (Å²) < 4.78 is 39.7. The Morgan fingerprint density at radius 1 is 0.359 bits per heavy atom. The maximum atomic E-state index is 13.0. The Bertz CT molecular complexity index is 1490. The smallest absolute Gasteiger partial charge is 0.462 e. The Hall–Kier alpha value is -2.56. The van der Waals surface area contributed by atoms with E-state index in [1.807, 2.05) is 0 Å². The maximum Gasteiger partial charge on any atom is 0.472 e. The highest BCUT2D eigenvalue weighted by Crippen LogP contribution is 2.43. The van der Waals surface area contributed by atoms with Crippen LogP contribution in [0.15, 0.2) is 48.6 Å². The SMILES string of the molecule is CCCCC/C=C\C/C=C\CCCCCCCCCC(=O)OC(CO)COP(=O)(O)OCC(COC(=O)CCCCCCC/C=C\C/C=C\CCCCC)OC(=O)CCCCCCCCCCCCCCCCCCCCC. The predicted octanol–water partition coefficient (Wildman–Crippen LogP) is 19.7. The van der Waals surface area contributed by atoms with Crippen molar-refractivity contribution < 1.29 is 52.2 Å². The van der Waals surface area contributed by atoms with Crippen LogP contribution in [0.3, 0.4) is 0 Å². The number of ether oxygens (including phenoxy) is 3. The average Bonchev–Trinajstić information content (AvgIpc) is 3.43. The van der Waals surface area contributed by atoms with Crippen LogP contribution in [0.2, 0.25) is 0 Å². The van der Waals surface area contributed by atoms with Crippen molar-refractivity contribution in [3.63, 3.8) is 0 Å². The standard InChI is InChI=1S/C66H121O11P/c1-4-7-10-13-16-19-22-25-28-30-31-33-36-39-42-45-48-51-54-57-66(70)77-63(59-73-64(68)55-52-49-46-43-40-37-34-27-24-21-18-15-12-9-6-3)61-75-78(71,72)74-60-62(58-67)76-65(69)56-53-50-47-44-41-38-35-32-29-26-23-20-17-14-11-8-5-2/h17-18,20-21,26-27,29,34,62-63,67H,4-16,19,22-25,28,30-33,35-61H2,1-3H3,(H,71,72)/b20-17-,21-18-,29-26-,34-27-. The van der Waals surface area contributed by atoms with Crippen LogP contribution in [0.4, 0.5) is 0 Å². The number of allylic oxidation sites excluding steroid dienone is 8. The number of phosphoric ester groups is 1. The van der Waals surface area contributed by atoms with Crippen LogP contribution in [0.25, 0.3) is 0 Å². The fourth-order valence-electron chi connectivity index (χ4n) is 9.24. The van der Waals surface area contributed by atoms with Crippen molar-refractivity contribution in [2.45, 2.75) is 328 Å². The van der Waals surface area contributed by atoms with Crippen LogP contribution in [0.1, 0.15) is 316 Å². The molecule has 0 aliphatic heterocycles. The summed E-state index contributed by atoms with van der Waals surface area (Å²) in [4.78, 5) is 48.7. The number of carbonyl (C=O) groups is 3. The predicted molar refractivity (Wildman–Crippen MR) is 325 cm³/mol. The summed E-state index contributed by atoms with van der Waals surface area (Å²) in [6, 6.07) is 0. The van der Waals surface area contributed by atoms with Gasteiger partial charge in [-0.05, 0) is 83.5 Å². The quantitative estimate of drug-likeness (QED) is 0.0197. The Kier molecular flexibility index (Phi) is 58.5. The summed E-state index contributed by atoms with van der Waals surface area (Å²) in [5.41, 5.74) is 0. The minimum Gasteiger partial charge on any atom is -0.462 e. The molecule has 0 heterocycles. The van der Waals surface area contributed by atoms with Gasteiger partial charge in [0.1, 0.15) is 12.7 Å². The zero-order chi connectivity index (χ0) is 56.9. The minimum atomic E-state index is -4.76. The molecule has 0 rings (SSSR count). The van der Waals surface area contributed by atoms with Gasteiger partial charge < -0.3 is 24.2 Å². The summed E-state index contributed by atoms with van der Waals surface area (Å²) in [5.74, 6) is -1.47. The Morgan fingerprint density at radius 2 is 0.628 bits per heavy atom. The fraction of sp³-hybridized carbons (Fsp3) is 0.833. The van der Waals surface area contributed by atoms with E-state index in [9.17, 15) is 28.9 Å². The van der Waals surface area contributed by atoms with Gasteiger partial charge in [0.15, 0.2) is 6.10 Å². The first-order valence-electron chi connectivity index (χ1n) is 32.5. The third kappa shape index (κ3) is 58.1. The fourth-order valence-corrected chi connectivity index (χ4v) is 10.0. The maximum absolute atomic E-state index is 13.0. The Labute approximate surface area is 479 Å². The highest BCUT2D eigenvalue weighted by molar-refractivity contribution is 7.47. The Morgan fingerprint density at radius 3 is 0.974 bits per heavy atom. The van der Waals surface area contributed by atoms with Gasteiger partial charge in [0.25, 0.3) is 0 Å². The van der Waals surface area contributed by atoms with Gasteiger partial charge >= 0.3 is 25.7 Å². The number of hydrogen-bond acceptors (Lipinski definition) is 10. The van der Waals surface area contributed by atoms with Crippen LogP contribution < -0.4 is 0 Å². The van der Waals surface area contributed by atoms with Crippen molar-refractivity contribution in [2.75, 3.05) is 26.4 Å². The number of aliphatic hydroxyl groups excluding tert-OH is 1. The van der Waals surface area contributed by atoms with Gasteiger partial charge in [-0.1, -0.05) is 262 Å². The van der Waals surface area contributed by atoms with Crippen molar-refractivity contribution in [2.24, 2.45) is 0 Å². The number of aliphatic hydroxyl groups is 1. The molecule has 0 aromatic rings. The first-order chi connectivity index (χ1) is 38.2. The van der Waals surface area contributed by atoms with E-state index in [1.165, 1.54) is 154 Å². The lowest BCUT2D eigenvalue weighted by Crippen LogP contribution is -2.30. The summed E-state index contributed by atoms with van der Waals surface area (Å²) >= 11 is 0. The summed E-state index contributed by atoms with van der Waals surface area (Å²) in [5, 5.41) is 9.85. The van der Waals surface area contributed by atoms with Crippen LogP contribution in [-0.2, 0) is 42.2 Å². The first kappa shape index (κ1) is 75.4. The average molecular weight is 1120 g/mol. The van der Waals surface area contributed by atoms with E-state index >= 15 is 0 Å². The van der Waals surface area contributed by atoms with Gasteiger partial charge in [-0.15, -0.1) is 0 Å². The van der Waals surface area contributed by atoms with Gasteiger partial charge in [0.2, 0.25) is 0 Å². The van der Waals surface area contributed by atoms with E-state index in [-0.39, 0.29) is 25.9 Å². The summed E-state index contributed by atoms with van der Waals surface area (Å²) in [6.45, 7) is 4.63. The lowest BCUT2D eigenvalue weighted by molar-refractivity contribution is -0.161. The molecule has 0 bridgehead atoms. The van der Waals surface area contributed by atoms with Crippen LogP contribution in [-0.4, -0.2) is 66.5 Å². The van der Waals surface area contributed by atoms with Gasteiger partial charge in [0.05, 0.1) is 19.8 Å². The lowest BCUT2D eigenvalue weighted by atomic mass is 10.0. The minimum absolute atomic E-state index is 0.169. The molecule has 0 amide bonds. The number of esters is 3. The molecule has 0 aromatic carbocycles. The molecule has 78 heavy (non-hydrogen) atoms. The number of hydrogen-bond donors (Lipinski definition) is 2. The third-order valence-electron chi connectivity index (χ3n) is 14.2. The molecule has 0 aromatic heterocycles. The van der Waals surface area contributed by atoms with Crippen molar-refractivity contribution in [3.8, 4) is 0 Å². The van der Waals surface area contributed by atoms with E-state index < -0.39 is 57.8 Å². The number of carbonyl (C=O) groups excluding carboxylic acids is 3. The highest BCUT2D eigenvalue weighted by Gasteiger charge is 2.28. The molecule has 0 fully saturated rings. The van der Waals surface area contributed by atoms with Crippen molar-refractivity contribution >= 4 is 25.7 Å². The summed E-state index contributed by atoms with van der Waals surface area (Å²) in [7, 11) is -4.76. The molecule has 0 saturated heterocycles. The van der Waals surface area contributed by atoms with Crippen LogP contribution >= 0.6 is 7.82 Å². The van der Waals surface area contributed by atoms with Crippen molar-refractivity contribution in [3.05, 3.63) is 48.6 Å². The van der Waals surface area contributed by atoms with E-state index in [0.29, 0.717) is 19.3 Å². The zero-order valence-electron chi connectivity index (χ0n) is 50.6. The monoisotopic (exact) mass is 1120 g/mol. The molecule has 0 aliphatic rings. The second-order valence-electron chi connectivity index (χ2n) is 21.9. The molecule has 0 aliphatic carbocycles. The lowest BCUT2D eigenvalue weighted by Gasteiger charge is -2.21. The topological polar surface area (TPSA) is 155 Å². The summed E-state index contributed by atoms with van der Waals surface area (Å²) in [6.07, 6.45) is 66.3. The second kappa shape index (κ2) is 60.5. The molecule has 456 valence electrons. The Balaban J connectivity index is 4.67. The van der Waals surface area contributed by atoms with Gasteiger partial charge in [-0.3, -0.25) is 23.4 Å². The third-order valence-corrected chi connectivity index (χ3v) is 15.2. The second-order valence-corrected chi connectivity index (χ2v) is 23.4. The number of phosphoric acid groups is 1. The molecule has 2 N–H and O–H groups in total. The zero-order valence-corrected chi connectivity index (χ0v) is 51.5. The molecule has 12 heteroatoms. The molecular formula is C66H121O11P. The largest absolute Gasteiger partial charge is 0.472 e. The molecular weight excluding hydrogens is 1000 g/mol. The highest BCUT2D eigenvalue weighted by atomic mass is 31.2.